The quantitative estimate of drug-likeness (QED) is 0.784. The third-order valence-corrected chi connectivity index (χ3v) is 3.09. The number of hydrogen-bond donors (Lipinski definition) is 2. The molecular formula is C12H17N5S. The van der Waals surface area contributed by atoms with E-state index in [1.165, 1.54) is 11.8 Å². The molecule has 5 nitrogen and oxygen atoms in total. The van der Waals surface area contributed by atoms with Crippen LogP contribution in [0.1, 0.15) is 26.1 Å². The Balaban J connectivity index is 2.21. The Morgan fingerprint density at radius 1 is 1.33 bits per heavy atom. The van der Waals surface area contributed by atoms with E-state index >= 15 is 0 Å². The van der Waals surface area contributed by atoms with Gasteiger partial charge >= 0.3 is 0 Å². The molecule has 0 saturated heterocycles. The van der Waals surface area contributed by atoms with Gasteiger partial charge in [0.1, 0.15) is 16.7 Å². The minimum absolute atomic E-state index is 0.846. The van der Waals surface area contributed by atoms with E-state index in [9.17, 15) is 0 Å². The van der Waals surface area contributed by atoms with E-state index in [0.717, 1.165) is 41.2 Å². The fraction of sp³-hybridized carbons (Fsp3) is 0.417. The molecule has 0 atom stereocenters. The largest absolute Gasteiger partial charge is 0.370 e. The maximum absolute atomic E-state index is 4.53. The first-order valence-corrected chi connectivity index (χ1v) is 6.92. The summed E-state index contributed by atoms with van der Waals surface area (Å²) < 4.78 is 0. The van der Waals surface area contributed by atoms with Gasteiger partial charge in [-0.3, -0.25) is 0 Å². The molecule has 0 aliphatic heterocycles. The molecule has 0 unspecified atom stereocenters. The Kier molecular flexibility index (Phi) is 4.58. The second-order valence-corrected chi connectivity index (χ2v) is 4.79. The summed E-state index contributed by atoms with van der Waals surface area (Å²) in [6, 6.07) is 1.95. The number of anilines is 1. The molecule has 0 amide bonds. The first-order valence-electron chi connectivity index (χ1n) is 6.11. The zero-order valence-electron chi connectivity index (χ0n) is 10.6. The molecular weight excluding hydrogens is 246 g/mol. The number of nitrogens with zero attached hydrogens (tertiary/aromatic N) is 3. The average molecular weight is 263 g/mol. The molecule has 0 fully saturated rings. The van der Waals surface area contributed by atoms with Crippen LogP contribution in [-0.4, -0.2) is 26.5 Å². The van der Waals surface area contributed by atoms with Crippen molar-refractivity contribution in [3.63, 3.8) is 0 Å². The van der Waals surface area contributed by atoms with Gasteiger partial charge in [0.15, 0.2) is 5.16 Å². The highest BCUT2D eigenvalue weighted by molar-refractivity contribution is 7.99. The normalized spacial score (nSPS) is 10.6. The van der Waals surface area contributed by atoms with E-state index in [4.69, 9.17) is 0 Å². The van der Waals surface area contributed by atoms with Crippen LogP contribution in [0, 0.1) is 0 Å². The van der Waals surface area contributed by atoms with Gasteiger partial charge in [0.2, 0.25) is 0 Å². The number of imidazole rings is 1. The lowest BCUT2D eigenvalue weighted by Gasteiger charge is -2.07. The van der Waals surface area contributed by atoms with Gasteiger partial charge in [0.05, 0.1) is 0 Å². The molecule has 0 spiro atoms. The smallest absolute Gasteiger partial charge is 0.171 e. The molecule has 0 saturated carbocycles. The van der Waals surface area contributed by atoms with Gasteiger partial charge in [-0.05, 0) is 25.1 Å². The zero-order chi connectivity index (χ0) is 12.8. The van der Waals surface area contributed by atoms with Crippen LogP contribution in [0.3, 0.4) is 0 Å². The van der Waals surface area contributed by atoms with Crippen LogP contribution in [0.5, 0.6) is 0 Å². The fourth-order valence-corrected chi connectivity index (χ4v) is 2.30. The summed E-state index contributed by atoms with van der Waals surface area (Å²) in [5, 5.41) is 4.99. The maximum atomic E-state index is 4.53. The van der Waals surface area contributed by atoms with Crippen LogP contribution < -0.4 is 5.32 Å². The Morgan fingerprint density at radius 3 is 2.89 bits per heavy atom. The van der Waals surface area contributed by atoms with Crippen molar-refractivity contribution in [3.8, 4) is 0 Å². The highest BCUT2D eigenvalue weighted by atomic mass is 32.2. The number of hydrogen-bond acceptors (Lipinski definition) is 5. The van der Waals surface area contributed by atoms with Crippen LogP contribution in [0.25, 0.3) is 0 Å². The first kappa shape index (κ1) is 12.9. The molecule has 0 radical (unpaired) electrons. The van der Waals surface area contributed by atoms with E-state index in [0.29, 0.717) is 0 Å². The van der Waals surface area contributed by atoms with Crippen LogP contribution in [0.2, 0.25) is 0 Å². The number of aryl methyl sites for hydroxylation is 1. The Bertz CT molecular complexity index is 459. The van der Waals surface area contributed by atoms with Crippen molar-refractivity contribution < 1.29 is 0 Å². The van der Waals surface area contributed by atoms with Crippen molar-refractivity contribution in [1.82, 2.24) is 19.9 Å². The molecule has 0 aliphatic rings. The lowest BCUT2D eigenvalue weighted by molar-refractivity contribution is 0.809. The minimum atomic E-state index is 0.846. The second kappa shape index (κ2) is 6.39. The average Bonchev–Trinajstić information content (AvgIpc) is 2.82. The van der Waals surface area contributed by atoms with Crippen molar-refractivity contribution in [2.75, 3.05) is 11.9 Å². The minimum Gasteiger partial charge on any atom is -0.370 e. The summed E-state index contributed by atoms with van der Waals surface area (Å²) in [6.45, 7) is 5.04. The second-order valence-electron chi connectivity index (χ2n) is 3.78. The van der Waals surface area contributed by atoms with Crippen molar-refractivity contribution >= 4 is 17.6 Å². The van der Waals surface area contributed by atoms with Crippen molar-refractivity contribution in [2.24, 2.45) is 0 Å². The molecule has 0 bridgehead atoms. The van der Waals surface area contributed by atoms with E-state index in [-0.39, 0.29) is 0 Å². The van der Waals surface area contributed by atoms with Gasteiger partial charge in [-0.15, -0.1) is 0 Å². The summed E-state index contributed by atoms with van der Waals surface area (Å²) in [4.78, 5) is 16.3. The lowest BCUT2D eigenvalue weighted by Crippen LogP contribution is -2.04. The molecule has 0 aliphatic carbocycles. The van der Waals surface area contributed by atoms with Gasteiger partial charge in [-0.1, -0.05) is 6.92 Å². The zero-order valence-corrected chi connectivity index (χ0v) is 11.4. The summed E-state index contributed by atoms with van der Waals surface area (Å²) >= 11 is 1.52. The van der Waals surface area contributed by atoms with Gasteiger partial charge in [-0.25, -0.2) is 15.0 Å². The Morgan fingerprint density at radius 2 is 2.22 bits per heavy atom. The first-order chi connectivity index (χ1) is 8.81. The summed E-state index contributed by atoms with van der Waals surface area (Å²) in [5.41, 5.74) is 0. The molecule has 6 heteroatoms. The molecule has 96 valence electrons. The van der Waals surface area contributed by atoms with E-state index < -0.39 is 0 Å². The number of nitrogens with one attached hydrogen (secondary N) is 2. The molecule has 0 aromatic carbocycles. The molecule has 2 aromatic rings. The number of rotatable bonds is 6. The Hall–Kier alpha value is -1.56. The summed E-state index contributed by atoms with van der Waals surface area (Å²) in [5.74, 6) is 1.76. The maximum Gasteiger partial charge on any atom is 0.171 e. The number of aromatic nitrogens is 4. The Labute approximate surface area is 111 Å². The predicted molar refractivity (Wildman–Crippen MR) is 72.9 cm³/mol. The highest BCUT2D eigenvalue weighted by Crippen LogP contribution is 2.24. The van der Waals surface area contributed by atoms with Crippen LogP contribution in [0.4, 0.5) is 5.82 Å². The molecule has 2 aromatic heterocycles. The van der Waals surface area contributed by atoms with Crippen LogP contribution in [-0.2, 0) is 6.42 Å². The molecule has 2 rings (SSSR count). The topological polar surface area (TPSA) is 66.5 Å². The van der Waals surface area contributed by atoms with E-state index in [1.54, 1.807) is 6.20 Å². The van der Waals surface area contributed by atoms with Crippen molar-refractivity contribution in [2.45, 2.75) is 36.9 Å². The van der Waals surface area contributed by atoms with Gasteiger partial charge in [-0.2, -0.15) is 0 Å². The van der Waals surface area contributed by atoms with Gasteiger partial charge < -0.3 is 10.3 Å². The molecule has 2 heterocycles. The van der Waals surface area contributed by atoms with Crippen LogP contribution in [0.15, 0.2) is 28.6 Å². The summed E-state index contributed by atoms with van der Waals surface area (Å²) in [7, 11) is 0. The van der Waals surface area contributed by atoms with Crippen LogP contribution >= 0.6 is 11.8 Å². The number of aromatic amines is 1. The fourth-order valence-electron chi connectivity index (χ4n) is 1.54. The van der Waals surface area contributed by atoms with E-state index in [2.05, 4.69) is 39.1 Å². The van der Waals surface area contributed by atoms with Crippen molar-refractivity contribution in [3.05, 3.63) is 24.3 Å². The summed E-state index contributed by atoms with van der Waals surface area (Å²) in [6.07, 6.45) is 5.48. The highest BCUT2D eigenvalue weighted by Gasteiger charge is 2.06. The SMILES string of the molecule is CCCc1nc(NCC)cc(Sc2ncc[nH]2)n1. The van der Waals surface area contributed by atoms with Crippen molar-refractivity contribution in [1.29, 1.82) is 0 Å². The number of H-pyrrole nitrogens is 1. The standard InChI is InChI=1S/C12H17N5S/c1-3-5-9-16-10(13-4-2)8-11(17-9)18-12-14-6-7-15-12/h6-8H,3-5H2,1-2H3,(H,14,15)(H,13,16,17). The third-order valence-electron chi connectivity index (χ3n) is 2.25. The third kappa shape index (κ3) is 3.46. The molecule has 18 heavy (non-hydrogen) atoms. The van der Waals surface area contributed by atoms with Gasteiger partial charge in [0.25, 0.3) is 0 Å². The molecule has 2 N–H and O–H groups in total. The van der Waals surface area contributed by atoms with E-state index in [1.807, 2.05) is 12.3 Å². The monoisotopic (exact) mass is 263 g/mol. The van der Waals surface area contributed by atoms with Gasteiger partial charge in [0, 0.05) is 31.4 Å². The predicted octanol–water partition coefficient (Wildman–Crippen LogP) is 2.74. The lowest BCUT2D eigenvalue weighted by atomic mass is 10.3.